The molecule has 0 radical (unpaired) electrons. The van der Waals surface area contributed by atoms with Gasteiger partial charge in [-0.1, -0.05) is 6.92 Å². The summed E-state index contributed by atoms with van der Waals surface area (Å²) in [5.74, 6) is 1.56. The molecule has 1 amide bonds. The zero-order valence-corrected chi connectivity index (χ0v) is 14.6. The maximum Gasteiger partial charge on any atom is 0.271 e. The highest BCUT2D eigenvalue weighted by atomic mass is 16.5. The fourth-order valence-corrected chi connectivity index (χ4v) is 2.06. The summed E-state index contributed by atoms with van der Waals surface area (Å²) >= 11 is 0. The number of rotatable bonds is 8. The van der Waals surface area contributed by atoms with E-state index in [-0.39, 0.29) is 5.91 Å². The highest BCUT2D eigenvalue weighted by molar-refractivity contribution is 5.95. The number of hydrazone groups is 1. The summed E-state index contributed by atoms with van der Waals surface area (Å²) in [6.07, 6.45) is 2.46. The molecule has 6 heteroatoms. The molecule has 0 aliphatic carbocycles. The van der Waals surface area contributed by atoms with Crippen LogP contribution >= 0.6 is 0 Å². The van der Waals surface area contributed by atoms with Gasteiger partial charge in [-0.3, -0.25) is 4.79 Å². The van der Waals surface area contributed by atoms with Crippen LogP contribution in [0.5, 0.6) is 17.2 Å². The summed E-state index contributed by atoms with van der Waals surface area (Å²) in [4.78, 5) is 12.2. The molecule has 0 spiro atoms. The van der Waals surface area contributed by atoms with Gasteiger partial charge in [-0.25, -0.2) is 5.43 Å². The highest BCUT2D eigenvalue weighted by Crippen LogP contribution is 2.28. The largest absolute Gasteiger partial charge is 0.497 e. The lowest BCUT2D eigenvalue weighted by molar-refractivity contribution is 0.0954. The molecule has 2 aromatic carbocycles. The van der Waals surface area contributed by atoms with Gasteiger partial charge in [0.1, 0.15) is 5.75 Å². The summed E-state index contributed by atoms with van der Waals surface area (Å²) in [7, 11) is 3.15. The average Bonchev–Trinajstić information content (AvgIpc) is 2.66. The van der Waals surface area contributed by atoms with Crippen molar-refractivity contribution in [2.45, 2.75) is 13.3 Å². The molecule has 0 bridgehead atoms. The van der Waals surface area contributed by atoms with Crippen LogP contribution in [0.3, 0.4) is 0 Å². The van der Waals surface area contributed by atoms with E-state index < -0.39 is 0 Å². The summed E-state index contributed by atoms with van der Waals surface area (Å²) in [6, 6.07) is 12.4. The van der Waals surface area contributed by atoms with Crippen molar-refractivity contribution >= 4 is 12.1 Å². The van der Waals surface area contributed by atoms with Crippen molar-refractivity contribution in [3.8, 4) is 17.2 Å². The minimum atomic E-state index is -0.329. The second-order valence-electron chi connectivity index (χ2n) is 5.19. The Morgan fingerprint density at radius 2 is 1.84 bits per heavy atom. The first kappa shape index (κ1) is 18.3. The number of nitrogens with one attached hydrogen (secondary N) is 1. The first-order valence-electron chi connectivity index (χ1n) is 7.96. The number of hydrogen-bond donors (Lipinski definition) is 1. The van der Waals surface area contributed by atoms with Gasteiger partial charge in [0.25, 0.3) is 5.91 Å². The standard InChI is InChI=1S/C19H22N2O4/c1-4-11-25-17-10-7-15(12-18(17)24-3)19(22)21-20-13-14-5-8-16(23-2)9-6-14/h5-10,12-13H,4,11H2,1-3H3,(H,21,22)/b20-13+. The van der Waals surface area contributed by atoms with Crippen LogP contribution in [-0.2, 0) is 0 Å². The Morgan fingerprint density at radius 3 is 2.48 bits per heavy atom. The molecule has 0 saturated carbocycles. The SMILES string of the molecule is CCCOc1ccc(C(=O)N/N=C/c2ccc(OC)cc2)cc1OC. The molecule has 0 heterocycles. The molecule has 2 aromatic rings. The van der Waals surface area contributed by atoms with E-state index in [1.54, 1.807) is 31.5 Å². The molecule has 0 aliphatic rings. The van der Waals surface area contributed by atoms with E-state index in [0.29, 0.717) is 23.7 Å². The highest BCUT2D eigenvalue weighted by Gasteiger charge is 2.10. The number of benzene rings is 2. The zero-order valence-electron chi connectivity index (χ0n) is 14.6. The van der Waals surface area contributed by atoms with E-state index in [1.165, 1.54) is 7.11 Å². The van der Waals surface area contributed by atoms with E-state index in [2.05, 4.69) is 10.5 Å². The Bertz CT molecular complexity index is 727. The van der Waals surface area contributed by atoms with Crippen molar-refractivity contribution in [2.24, 2.45) is 5.10 Å². The summed E-state index contributed by atoms with van der Waals surface area (Å²) in [5.41, 5.74) is 3.78. The fourth-order valence-electron chi connectivity index (χ4n) is 2.06. The monoisotopic (exact) mass is 342 g/mol. The van der Waals surface area contributed by atoms with Gasteiger partial charge in [0, 0.05) is 5.56 Å². The Hall–Kier alpha value is -3.02. The third-order valence-corrected chi connectivity index (χ3v) is 3.38. The van der Waals surface area contributed by atoms with E-state index in [0.717, 1.165) is 17.7 Å². The van der Waals surface area contributed by atoms with Crippen molar-refractivity contribution < 1.29 is 19.0 Å². The molecule has 1 N–H and O–H groups in total. The van der Waals surface area contributed by atoms with Crippen molar-refractivity contribution in [1.29, 1.82) is 0 Å². The Labute approximate surface area is 147 Å². The fraction of sp³-hybridized carbons (Fsp3) is 0.263. The number of carbonyl (C=O) groups is 1. The molecule has 6 nitrogen and oxygen atoms in total. The third-order valence-electron chi connectivity index (χ3n) is 3.38. The van der Waals surface area contributed by atoms with Crippen LogP contribution in [0.25, 0.3) is 0 Å². The Kier molecular flexibility index (Phi) is 6.83. The van der Waals surface area contributed by atoms with Gasteiger partial charge in [-0.15, -0.1) is 0 Å². The van der Waals surface area contributed by atoms with E-state index >= 15 is 0 Å². The van der Waals surface area contributed by atoms with Crippen molar-refractivity contribution in [3.63, 3.8) is 0 Å². The molecule has 0 aromatic heterocycles. The smallest absolute Gasteiger partial charge is 0.271 e. The van der Waals surface area contributed by atoms with Gasteiger partial charge in [-0.05, 0) is 54.4 Å². The lowest BCUT2D eigenvalue weighted by Crippen LogP contribution is -2.17. The predicted molar refractivity (Wildman–Crippen MR) is 96.8 cm³/mol. The lowest BCUT2D eigenvalue weighted by atomic mass is 10.2. The van der Waals surface area contributed by atoms with E-state index in [1.807, 2.05) is 31.2 Å². The Morgan fingerprint density at radius 1 is 1.08 bits per heavy atom. The molecule has 25 heavy (non-hydrogen) atoms. The summed E-state index contributed by atoms with van der Waals surface area (Å²) in [5, 5.41) is 3.96. The van der Waals surface area contributed by atoms with Crippen LogP contribution in [0.15, 0.2) is 47.6 Å². The first-order valence-corrected chi connectivity index (χ1v) is 7.96. The summed E-state index contributed by atoms with van der Waals surface area (Å²) < 4.78 is 15.9. The topological polar surface area (TPSA) is 69.2 Å². The van der Waals surface area contributed by atoms with Crippen LogP contribution in [0, 0.1) is 0 Å². The van der Waals surface area contributed by atoms with Gasteiger partial charge < -0.3 is 14.2 Å². The minimum absolute atomic E-state index is 0.329. The molecular weight excluding hydrogens is 320 g/mol. The molecule has 0 aliphatic heterocycles. The maximum absolute atomic E-state index is 12.2. The van der Waals surface area contributed by atoms with Crippen molar-refractivity contribution in [2.75, 3.05) is 20.8 Å². The van der Waals surface area contributed by atoms with Gasteiger partial charge in [-0.2, -0.15) is 5.10 Å². The van der Waals surface area contributed by atoms with Crippen LogP contribution in [0.2, 0.25) is 0 Å². The van der Waals surface area contributed by atoms with Crippen LogP contribution in [-0.4, -0.2) is 32.9 Å². The number of methoxy groups -OCH3 is 2. The minimum Gasteiger partial charge on any atom is -0.497 e. The number of amides is 1. The average molecular weight is 342 g/mol. The van der Waals surface area contributed by atoms with E-state index in [4.69, 9.17) is 14.2 Å². The van der Waals surface area contributed by atoms with E-state index in [9.17, 15) is 4.79 Å². The second kappa shape index (κ2) is 9.32. The number of nitrogens with zero attached hydrogens (tertiary/aromatic N) is 1. The lowest BCUT2D eigenvalue weighted by Gasteiger charge is -2.11. The van der Waals surface area contributed by atoms with Crippen LogP contribution in [0.1, 0.15) is 29.3 Å². The molecule has 132 valence electrons. The normalized spacial score (nSPS) is 10.5. The molecule has 0 fully saturated rings. The van der Waals surface area contributed by atoms with Crippen molar-refractivity contribution in [3.05, 3.63) is 53.6 Å². The number of ether oxygens (including phenoxy) is 3. The van der Waals surface area contributed by atoms with Gasteiger partial charge in [0.15, 0.2) is 11.5 Å². The molecule has 0 saturated heterocycles. The van der Waals surface area contributed by atoms with Crippen molar-refractivity contribution in [1.82, 2.24) is 5.43 Å². The van der Waals surface area contributed by atoms with Crippen LogP contribution in [0.4, 0.5) is 0 Å². The molecular formula is C19H22N2O4. The molecule has 2 rings (SSSR count). The quantitative estimate of drug-likeness (QED) is 0.590. The predicted octanol–water partition coefficient (Wildman–Crippen LogP) is 3.26. The third kappa shape index (κ3) is 5.24. The summed E-state index contributed by atoms with van der Waals surface area (Å²) in [6.45, 7) is 2.61. The van der Waals surface area contributed by atoms with Gasteiger partial charge >= 0.3 is 0 Å². The second-order valence-corrected chi connectivity index (χ2v) is 5.19. The number of hydrogen-bond acceptors (Lipinski definition) is 5. The first-order chi connectivity index (χ1) is 12.2. The van der Waals surface area contributed by atoms with Gasteiger partial charge in [0.05, 0.1) is 27.0 Å². The number of carbonyl (C=O) groups excluding carboxylic acids is 1. The zero-order chi connectivity index (χ0) is 18.1. The van der Waals surface area contributed by atoms with Crippen LogP contribution < -0.4 is 19.6 Å². The van der Waals surface area contributed by atoms with Gasteiger partial charge in [0.2, 0.25) is 0 Å². The Balaban J connectivity index is 2.00. The molecule has 0 unspecified atom stereocenters. The maximum atomic E-state index is 12.2. The molecule has 0 atom stereocenters.